The van der Waals surface area contributed by atoms with Crippen molar-refractivity contribution in [2.45, 2.75) is 55.3 Å². The van der Waals surface area contributed by atoms with Crippen LogP contribution in [0.4, 0.5) is 0 Å². The molecule has 1 saturated carbocycles. The Labute approximate surface area is 125 Å². The van der Waals surface area contributed by atoms with Gasteiger partial charge in [-0.05, 0) is 19.3 Å². The number of nitrogens with two attached hydrogens (primary N) is 1. The molecule has 120 valence electrons. The SMILES string of the molecule is CCc1nc(S(N)(=O)=O)cn1C1CCCC(S(C)(=O)=O)C1. The Hall–Kier alpha value is -0.930. The van der Waals surface area contributed by atoms with E-state index in [1.165, 1.54) is 12.5 Å². The standard InChI is InChI=1S/C12H21N3O4S2/c1-3-11-14-12(21(13,18)19)8-15(11)9-5-4-6-10(7-9)20(2,16)17/h8-10H,3-7H2,1-2H3,(H2,13,18,19). The number of sulfone groups is 1. The van der Waals surface area contributed by atoms with Crippen LogP contribution in [0.15, 0.2) is 11.2 Å². The van der Waals surface area contributed by atoms with Crippen molar-refractivity contribution in [1.82, 2.24) is 9.55 Å². The molecule has 1 fully saturated rings. The minimum Gasteiger partial charge on any atom is -0.330 e. The van der Waals surface area contributed by atoms with Crippen molar-refractivity contribution < 1.29 is 16.8 Å². The first kappa shape index (κ1) is 16.4. The minimum atomic E-state index is -3.85. The van der Waals surface area contributed by atoms with Gasteiger partial charge in [0.2, 0.25) is 0 Å². The van der Waals surface area contributed by atoms with Crippen LogP contribution in [-0.4, -0.2) is 37.9 Å². The van der Waals surface area contributed by atoms with Gasteiger partial charge in [0.1, 0.15) is 15.7 Å². The highest BCUT2D eigenvalue weighted by Crippen LogP contribution is 2.33. The summed E-state index contributed by atoms with van der Waals surface area (Å²) >= 11 is 0. The second-order valence-corrected chi connectivity index (χ2v) is 9.41. The van der Waals surface area contributed by atoms with E-state index in [0.717, 1.165) is 12.8 Å². The quantitative estimate of drug-likeness (QED) is 0.867. The first-order valence-electron chi connectivity index (χ1n) is 6.92. The largest absolute Gasteiger partial charge is 0.330 e. The van der Waals surface area contributed by atoms with Crippen molar-refractivity contribution in [1.29, 1.82) is 0 Å². The zero-order valence-electron chi connectivity index (χ0n) is 12.2. The van der Waals surface area contributed by atoms with E-state index >= 15 is 0 Å². The lowest BCUT2D eigenvalue weighted by molar-refractivity contribution is 0.345. The summed E-state index contributed by atoms with van der Waals surface area (Å²) in [5.74, 6) is 0.623. The average Bonchev–Trinajstić information content (AvgIpc) is 2.82. The summed E-state index contributed by atoms with van der Waals surface area (Å²) in [7, 11) is -6.93. The fourth-order valence-electron chi connectivity index (χ4n) is 2.88. The molecule has 0 spiro atoms. The number of hydrogen-bond acceptors (Lipinski definition) is 5. The smallest absolute Gasteiger partial charge is 0.257 e. The highest BCUT2D eigenvalue weighted by Gasteiger charge is 2.31. The van der Waals surface area contributed by atoms with E-state index in [-0.39, 0.29) is 16.3 Å². The second-order valence-electron chi connectivity index (χ2n) is 5.57. The first-order valence-corrected chi connectivity index (χ1v) is 10.4. The Morgan fingerprint density at radius 2 is 2.00 bits per heavy atom. The maximum absolute atomic E-state index is 11.7. The van der Waals surface area contributed by atoms with E-state index in [0.29, 0.717) is 25.1 Å². The van der Waals surface area contributed by atoms with Crippen LogP contribution in [0.3, 0.4) is 0 Å². The maximum atomic E-state index is 11.7. The van der Waals surface area contributed by atoms with Crippen molar-refractivity contribution in [2.75, 3.05) is 6.26 Å². The van der Waals surface area contributed by atoms with Crippen LogP contribution in [0.2, 0.25) is 0 Å². The first-order chi connectivity index (χ1) is 9.63. The van der Waals surface area contributed by atoms with Crippen LogP contribution in [0, 0.1) is 0 Å². The zero-order valence-corrected chi connectivity index (χ0v) is 13.8. The van der Waals surface area contributed by atoms with Crippen molar-refractivity contribution in [3.63, 3.8) is 0 Å². The van der Waals surface area contributed by atoms with Gasteiger partial charge in [0.05, 0.1) is 5.25 Å². The monoisotopic (exact) mass is 335 g/mol. The molecule has 2 unspecified atom stereocenters. The number of aromatic nitrogens is 2. The van der Waals surface area contributed by atoms with Crippen LogP contribution < -0.4 is 5.14 Å². The molecule has 7 nitrogen and oxygen atoms in total. The molecule has 1 aliphatic rings. The molecule has 1 aromatic rings. The molecule has 1 aliphatic carbocycles. The van der Waals surface area contributed by atoms with Crippen molar-refractivity contribution in [3.05, 3.63) is 12.0 Å². The van der Waals surface area contributed by atoms with Crippen molar-refractivity contribution in [2.24, 2.45) is 5.14 Å². The zero-order chi connectivity index (χ0) is 15.8. The highest BCUT2D eigenvalue weighted by molar-refractivity contribution is 7.91. The van der Waals surface area contributed by atoms with Gasteiger partial charge in [-0.25, -0.2) is 27.0 Å². The van der Waals surface area contributed by atoms with E-state index < -0.39 is 19.9 Å². The molecule has 1 heterocycles. The lowest BCUT2D eigenvalue weighted by Gasteiger charge is -2.29. The Morgan fingerprint density at radius 1 is 1.33 bits per heavy atom. The summed E-state index contributed by atoms with van der Waals surface area (Å²) in [6, 6.07) is -0.0450. The van der Waals surface area contributed by atoms with Crippen LogP contribution in [0.1, 0.15) is 44.5 Å². The maximum Gasteiger partial charge on any atom is 0.257 e. The molecule has 0 aliphatic heterocycles. The van der Waals surface area contributed by atoms with E-state index in [1.807, 2.05) is 6.92 Å². The third kappa shape index (κ3) is 3.64. The summed E-state index contributed by atoms with van der Waals surface area (Å²) in [5.41, 5.74) is 0. The summed E-state index contributed by atoms with van der Waals surface area (Å²) in [4.78, 5) is 4.06. The lowest BCUT2D eigenvalue weighted by atomic mass is 9.94. The van der Waals surface area contributed by atoms with Gasteiger partial charge < -0.3 is 4.57 Å². The van der Waals surface area contributed by atoms with E-state index in [4.69, 9.17) is 5.14 Å². The Kier molecular flexibility index (Phi) is 4.46. The highest BCUT2D eigenvalue weighted by atomic mass is 32.2. The molecule has 0 aromatic carbocycles. The average molecular weight is 335 g/mol. The van der Waals surface area contributed by atoms with Gasteiger partial charge in [-0.15, -0.1) is 0 Å². The normalized spacial score (nSPS) is 24.1. The van der Waals surface area contributed by atoms with Crippen LogP contribution in [-0.2, 0) is 26.3 Å². The van der Waals surface area contributed by atoms with E-state index in [9.17, 15) is 16.8 Å². The molecule has 21 heavy (non-hydrogen) atoms. The predicted molar refractivity (Wildman–Crippen MR) is 79.1 cm³/mol. The third-order valence-electron chi connectivity index (χ3n) is 3.99. The number of aryl methyl sites for hydroxylation is 1. The van der Waals surface area contributed by atoms with Gasteiger partial charge in [0.25, 0.3) is 10.0 Å². The van der Waals surface area contributed by atoms with Crippen molar-refractivity contribution >= 4 is 19.9 Å². The van der Waals surface area contributed by atoms with E-state index in [1.54, 1.807) is 4.57 Å². The number of primary sulfonamides is 1. The molecule has 2 atom stereocenters. The molecule has 2 rings (SSSR count). The summed E-state index contributed by atoms with van der Waals surface area (Å²) in [6.07, 6.45) is 6.02. The fraction of sp³-hybridized carbons (Fsp3) is 0.750. The Morgan fingerprint density at radius 3 is 2.52 bits per heavy atom. The number of hydrogen-bond donors (Lipinski definition) is 1. The number of sulfonamides is 1. The van der Waals surface area contributed by atoms with Crippen LogP contribution in [0.25, 0.3) is 0 Å². The number of nitrogens with zero attached hydrogens (tertiary/aromatic N) is 2. The number of rotatable bonds is 4. The molecule has 0 saturated heterocycles. The molecular formula is C12H21N3O4S2. The van der Waals surface area contributed by atoms with Gasteiger partial charge in [-0.3, -0.25) is 0 Å². The van der Waals surface area contributed by atoms with Gasteiger partial charge in [0, 0.05) is 24.9 Å². The Bertz CT molecular complexity index is 722. The summed E-state index contributed by atoms with van der Waals surface area (Å²) in [5, 5.41) is 4.59. The second kappa shape index (κ2) is 5.69. The fourth-order valence-corrected chi connectivity index (χ4v) is 4.54. The van der Waals surface area contributed by atoms with E-state index in [2.05, 4.69) is 4.98 Å². The predicted octanol–water partition coefficient (Wildman–Crippen LogP) is 0.621. The third-order valence-corrected chi connectivity index (χ3v) is 6.41. The molecule has 0 amide bonds. The van der Waals surface area contributed by atoms with Crippen LogP contribution in [0.5, 0.6) is 0 Å². The molecule has 9 heteroatoms. The van der Waals surface area contributed by atoms with Gasteiger partial charge in [-0.2, -0.15) is 0 Å². The molecule has 0 bridgehead atoms. The number of imidazole rings is 1. The molecule has 2 N–H and O–H groups in total. The Balaban J connectivity index is 2.35. The minimum absolute atomic E-state index is 0.0450. The topological polar surface area (TPSA) is 112 Å². The van der Waals surface area contributed by atoms with Crippen molar-refractivity contribution in [3.8, 4) is 0 Å². The molecule has 0 radical (unpaired) electrons. The van der Waals surface area contributed by atoms with Gasteiger partial charge in [-0.1, -0.05) is 13.3 Å². The molecule has 1 aromatic heterocycles. The van der Waals surface area contributed by atoms with Crippen LogP contribution >= 0.6 is 0 Å². The summed E-state index contributed by atoms with van der Waals surface area (Å²) in [6.45, 7) is 1.88. The lowest BCUT2D eigenvalue weighted by Crippen LogP contribution is -2.29. The van der Waals surface area contributed by atoms with Gasteiger partial charge in [0.15, 0.2) is 5.03 Å². The summed E-state index contributed by atoms with van der Waals surface area (Å²) < 4.78 is 48.1. The molecular weight excluding hydrogens is 314 g/mol. The van der Waals surface area contributed by atoms with Gasteiger partial charge >= 0.3 is 0 Å².